The number of piperazine rings is 1. The highest BCUT2D eigenvalue weighted by Gasteiger charge is 2.58. The number of pyridine rings is 1. The molecular formula is C25H34F3N5. The first kappa shape index (κ1) is 22.8. The van der Waals surface area contributed by atoms with Crippen LogP contribution in [0.15, 0.2) is 18.5 Å². The summed E-state index contributed by atoms with van der Waals surface area (Å²) in [6.45, 7) is 10.3. The van der Waals surface area contributed by atoms with E-state index in [9.17, 15) is 13.2 Å². The third-order valence-corrected chi connectivity index (χ3v) is 7.84. The molecule has 2 aliphatic carbocycles. The number of aromatic nitrogens is 3. The number of nitrogens with zero attached hydrogens (tertiary/aromatic N) is 5. The maximum atomic E-state index is 13.4. The molecule has 3 heterocycles. The molecule has 2 aromatic heterocycles. The van der Waals surface area contributed by atoms with Crippen molar-refractivity contribution in [3.8, 4) is 11.3 Å². The van der Waals surface area contributed by atoms with E-state index >= 15 is 0 Å². The second kappa shape index (κ2) is 8.38. The standard InChI is InChI=1S/C25H34F3N5/c1-15(2)9-23-30-22(17-10-21(25(26,27)28)16(3)29-13-17)14-33(23)24-19-11-18(12-20(19)24)32-7-5-31(4)6-8-32/h10,13-15,18-20,24H,5-9,11-12H2,1-4H3/t18?,19-,20+,24+. The molecule has 1 saturated heterocycles. The van der Waals surface area contributed by atoms with Crippen molar-refractivity contribution < 1.29 is 13.2 Å². The topological polar surface area (TPSA) is 37.2 Å². The molecule has 0 aromatic carbocycles. The number of rotatable bonds is 5. The SMILES string of the molecule is Cc1ncc(-c2cn([C@H]3[C@@H]4CC(N5CCN(C)CC5)C[C@@H]43)c(CC(C)C)n2)cc1C(F)(F)F. The molecule has 2 aromatic rings. The minimum absolute atomic E-state index is 0.000222. The van der Waals surface area contributed by atoms with Gasteiger partial charge in [-0.1, -0.05) is 13.8 Å². The van der Waals surface area contributed by atoms with Crippen molar-refractivity contribution in [3.63, 3.8) is 0 Å². The Morgan fingerprint density at radius 2 is 1.76 bits per heavy atom. The van der Waals surface area contributed by atoms with Gasteiger partial charge < -0.3 is 9.47 Å². The molecule has 0 bridgehead atoms. The van der Waals surface area contributed by atoms with Crippen LogP contribution in [0.3, 0.4) is 0 Å². The van der Waals surface area contributed by atoms with E-state index in [0.717, 1.165) is 38.4 Å². The van der Waals surface area contributed by atoms with Crippen LogP contribution in [0.25, 0.3) is 11.3 Å². The number of likely N-dealkylation sites (N-methyl/N-ethyl adjacent to an activating group) is 1. The summed E-state index contributed by atoms with van der Waals surface area (Å²) in [4.78, 5) is 13.9. The summed E-state index contributed by atoms with van der Waals surface area (Å²) in [6, 6.07) is 2.31. The van der Waals surface area contributed by atoms with Gasteiger partial charge in [0.15, 0.2) is 0 Å². The summed E-state index contributed by atoms with van der Waals surface area (Å²) in [7, 11) is 2.19. The third-order valence-electron chi connectivity index (χ3n) is 7.84. The Kier molecular flexibility index (Phi) is 5.80. The van der Waals surface area contributed by atoms with Gasteiger partial charge in [0, 0.05) is 68.3 Å². The molecule has 33 heavy (non-hydrogen) atoms. The summed E-state index contributed by atoms with van der Waals surface area (Å²) >= 11 is 0. The largest absolute Gasteiger partial charge is 0.418 e. The molecule has 2 saturated carbocycles. The maximum Gasteiger partial charge on any atom is 0.418 e. The number of fused-ring (bicyclic) bond motifs is 1. The summed E-state index contributed by atoms with van der Waals surface area (Å²) in [5, 5.41) is 0. The van der Waals surface area contributed by atoms with Crippen LogP contribution in [0.1, 0.15) is 49.8 Å². The molecule has 0 amide bonds. The summed E-state index contributed by atoms with van der Waals surface area (Å²) in [5.74, 6) is 2.73. The van der Waals surface area contributed by atoms with Crippen LogP contribution in [0, 0.1) is 24.7 Å². The van der Waals surface area contributed by atoms with E-state index in [-0.39, 0.29) is 5.69 Å². The highest BCUT2D eigenvalue weighted by atomic mass is 19.4. The van der Waals surface area contributed by atoms with Gasteiger partial charge in [-0.05, 0) is 50.6 Å². The number of hydrogen-bond acceptors (Lipinski definition) is 4. The van der Waals surface area contributed by atoms with Crippen LogP contribution < -0.4 is 0 Å². The number of imidazole rings is 1. The fourth-order valence-corrected chi connectivity index (χ4v) is 5.98. The highest BCUT2D eigenvalue weighted by molar-refractivity contribution is 5.59. The van der Waals surface area contributed by atoms with Crippen molar-refractivity contribution >= 4 is 0 Å². The zero-order chi connectivity index (χ0) is 23.5. The third kappa shape index (κ3) is 4.44. The molecule has 180 valence electrons. The Balaban J connectivity index is 1.37. The minimum Gasteiger partial charge on any atom is -0.331 e. The van der Waals surface area contributed by atoms with Crippen molar-refractivity contribution in [2.75, 3.05) is 33.2 Å². The Morgan fingerprint density at radius 1 is 1.09 bits per heavy atom. The zero-order valence-corrected chi connectivity index (χ0v) is 19.9. The van der Waals surface area contributed by atoms with Gasteiger partial charge in [0.1, 0.15) is 5.82 Å². The van der Waals surface area contributed by atoms with Gasteiger partial charge in [0.25, 0.3) is 0 Å². The fraction of sp³-hybridized carbons (Fsp3) is 0.680. The zero-order valence-electron chi connectivity index (χ0n) is 19.9. The van der Waals surface area contributed by atoms with Crippen molar-refractivity contribution in [3.05, 3.63) is 35.5 Å². The number of aryl methyl sites for hydroxylation is 1. The lowest BCUT2D eigenvalue weighted by Crippen LogP contribution is -2.48. The second-order valence-electron chi connectivity index (χ2n) is 10.7. The first-order valence-corrected chi connectivity index (χ1v) is 12.2. The monoisotopic (exact) mass is 461 g/mol. The Morgan fingerprint density at radius 3 is 2.36 bits per heavy atom. The van der Waals surface area contributed by atoms with Gasteiger partial charge in [0.05, 0.1) is 11.3 Å². The molecule has 0 N–H and O–H groups in total. The predicted octanol–water partition coefficient (Wildman–Crippen LogP) is 4.67. The quantitative estimate of drug-likeness (QED) is 0.649. The number of alkyl halides is 3. The van der Waals surface area contributed by atoms with E-state index in [1.54, 1.807) is 0 Å². The first-order valence-electron chi connectivity index (χ1n) is 12.2. The molecule has 5 nitrogen and oxygen atoms in total. The van der Waals surface area contributed by atoms with Crippen molar-refractivity contribution in [2.24, 2.45) is 17.8 Å². The van der Waals surface area contributed by atoms with Crippen molar-refractivity contribution in [1.82, 2.24) is 24.3 Å². The summed E-state index contributed by atoms with van der Waals surface area (Å²) < 4.78 is 42.6. The van der Waals surface area contributed by atoms with Crippen LogP contribution in [-0.4, -0.2) is 63.6 Å². The molecule has 1 unspecified atom stereocenters. The molecule has 3 fully saturated rings. The molecule has 0 spiro atoms. The van der Waals surface area contributed by atoms with E-state index in [1.165, 1.54) is 32.0 Å². The van der Waals surface area contributed by atoms with E-state index in [0.29, 0.717) is 41.1 Å². The summed E-state index contributed by atoms with van der Waals surface area (Å²) in [5.41, 5.74) is 0.361. The highest BCUT2D eigenvalue weighted by Crippen LogP contribution is 2.62. The molecular weight excluding hydrogens is 427 g/mol. The van der Waals surface area contributed by atoms with Crippen molar-refractivity contribution in [2.45, 2.75) is 58.3 Å². The average molecular weight is 462 g/mol. The van der Waals surface area contributed by atoms with E-state index in [1.807, 2.05) is 6.20 Å². The van der Waals surface area contributed by atoms with Gasteiger partial charge in [-0.15, -0.1) is 0 Å². The van der Waals surface area contributed by atoms with Crippen molar-refractivity contribution in [1.29, 1.82) is 0 Å². The van der Waals surface area contributed by atoms with Crippen LogP contribution in [0.5, 0.6) is 0 Å². The molecule has 1 aliphatic heterocycles. The lowest BCUT2D eigenvalue weighted by molar-refractivity contribution is -0.138. The maximum absolute atomic E-state index is 13.4. The van der Waals surface area contributed by atoms with Gasteiger partial charge in [-0.25, -0.2) is 4.98 Å². The van der Waals surface area contributed by atoms with Gasteiger partial charge in [0.2, 0.25) is 0 Å². The Bertz CT molecular complexity index is 994. The van der Waals surface area contributed by atoms with Crippen LogP contribution in [0.2, 0.25) is 0 Å². The van der Waals surface area contributed by atoms with Crippen LogP contribution in [-0.2, 0) is 12.6 Å². The molecule has 8 heteroatoms. The van der Waals surface area contributed by atoms with Gasteiger partial charge in [-0.2, -0.15) is 13.2 Å². The minimum atomic E-state index is -4.41. The lowest BCUT2D eigenvalue weighted by Gasteiger charge is -2.37. The lowest BCUT2D eigenvalue weighted by atomic mass is 10.1. The fourth-order valence-electron chi connectivity index (χ4n) is 5.98. The Hall–Kier alpha value is -1.93. The van der Waals surface area contributed by atoms with E-state index in [4.69, 9.17) is 4.98 Å². The first-order chi connectivity index (χ1) is 15.6. The van der Waals surface area contributed by atoms with Gasteiger partial charge >= 0.3 is 6.18 Å². The van der Waals surface area contributed by atoms with Crippen LogP contribution in [0.4, 0.5) is 13.2 Å². The van der Waals surface area contributed by atoms with Gasteiger partial charge in [-0.3, -0.25) is 9.88 Å². The Labute approximate surface area is 194 Å². The molecule has 3 aliphatic rings. The molecule has 0 radical (unpaired) electrons. The molecule has 4 atom stereocenters. The number of halogens is 3. The summed E-state index contributed by atoms with van der Waals surface area (Å²) in [6.07, 6.45) is 2.35. The smallest absolute Gasteiger partial charge is 0.331 e. The van der Waals surface area contributed by atoms with Crippen LogP contribution >= 0.6 is 0 Å². The second-order valence-corrected chi connectivity index (χ2v) is 10.7. The normalized spacial score (nSPS) is 28.5. The average Bonchev–Trinajstić information content (AvgIpc) is 3.07. The molecule has 5 rings (SSSR count). The predicted molar refractivity (Wildman–Crippen MR) is 122 cm³/mol. The van der Waals surface area contributed by atoms with E-state index in [2.05, 4.69) is 40.2 Å². The number of hydrogen-bond donors (Lipinski definition) is 0. The van der Waals surface area contributed by atoms with E-state index < -0.39 is 11.7 Å².